The maximum atomic E-state index is 6.16. The Hall–Kier alpha value is -1.58. The molecular weight excluding hydrogens is 309 g/mol. The molecule has 0 aliphatic carbocycles. The standard InChI is InChI=1S/C16H15Cl2NO2/c17-12-5-6-14(13(18)9-12)19-10-11-3-1-4-15-16(11)21-8-2-7-20-15/h1,3-6,9,19H,2,7-8,10H2. The predicted octanol–water partition coefficient (Wildman–Crippen LogP) is 4.77. The molecule has 21 heavy (non-hydrogen) atoms. The second-order valence-electron chi connectivity index (χ2n) is 4.77. The maximum absolute atomic E-state index is 6.16. The zero-order valence-corrected chi connectivity index (χ0v) is 12.9. The minimum absolute atomic E-state index is 0.599. The predicted molar refractivity (Wildman–Crippen MR) is 85.8 cm³/mol. The summed E-state index contributed by atoms with van der Waals surface area (Å²) < 4.78 is 11.5. The molecule has 0 unspecified atom stereocenters. The summed E-state index contributed by atoms with van der Waals surface area (Å²) in [5.41, 5.74) is 1.88. The molecule has 2 aromatic rings. The van der Waals surface area contributed by atoms with Crippen LogP contribution in [-0.2, 0) is 6.54 Å². The van der Waals surface area contributed by atoms with Crippen molar-refractivity contribution in [1.82, 2.24) is 0 Å². The van der Waals surface area contributed by atoms with Crippen LogP contribution in [0.1, 0.15) is 12.0 Å². The number of halogens is 2. The van der Waals surface area contributed by atoms with Crippen molar-refractivity contribution in [3.8, 4) is 11.5 Å². The molecule has 1 aliphatic rings. The number of hydrogen-bond acceptors (Lipinski definition) is 3. The van der Waals surface area contributed by atoms with Crippen LogP contribution >= 0.6 is 23.2 Å². The van der Waals surface area contributed by atoms with E-state index in [0.717, 1.165) is 29.2 Å². The number of fused-ring (bicyclic) bond motifs is 1. The average Bonchev–Trinajstić information content (AvgIpc) is 2.72. The highest BCUT2D eigenvalue weighted by Crippen LogP contribution is 2.34. The summed E-state index contributed by atoms with van der Waals surface area (Å²) in [6, 6.07) is 11.3. The van der Waals surface area contributed by atoms with E-state index in [-0.39, 0.29) is 0 Å². The van der Waals surface area contributed by atoms with E-state index >= 15 is 0 Å². The van der Waals surface area contributed by atoms with Gasteiger partial charge in [0.15, 0.2) is 11.5 Å². The maximum Gasteiger partial charge on any atom is 0.166 e. The second-order valence-corrected chi connectivity index (χ2v) is 5.62. The molecule has 0 bridgehead atoms. The fraction of sp³-hybridized carbons (Fsp3) is 0.250. The van der Waals surface area contributed by atoms with E-state index in [1.165, 1.54) is 0 Å². The highest BCUT2D eigenvalue weighted by molar-refractivity contribution is 6.36. The first-order valence-electron chi connectivity index (χ1n) is 6.80. The Morgan fingerprint density at radius 3 is 2.76 bits per heavy atom. The minimum atomic E-state index is 0.599. The highest BCUT2D eigenvalue weighted by Gasteiger charge is 2.14. The third-order valence-electron chi connectivity index (χ3n) is 3.25. The van der Waals surface area contributed by atoms with Gasteiger partial charge in [0, 0.05) is 23.6 Å². The molecule has 5 heteroatoms. The van der Waals surface area contributed by atoms with E-state index < -0.39 is 0 Å². The Morgan fingerprint density at radius 1 is 1.05 bits per heavy atom. The summed E-state index contributed by atoms with van der Waals surface area (Å²) in [6.07, 6.45) is 0.893. The Morgan fingerprint density at radius 2 is 1.90 bits per heavy atom. The lowest BCUT2D eigenvalue weighted by molar-refractivity contribution is 0.296. The normalized spacial score (nSPS) is 13.6. The van der Waals surface area contributed by atoms with Crippen molar-refractivity contribution in [2.75, 3.05) is 18.5 Å². The molecule has 0 fully saturated rings. The number of rotatable bonds is 3. The Kier molecular flexibility index (Phi) is 4.42. The van der Waals surface area contributed by atoms with Crippen LogP contribution in [0.4, 0.5) is 5.69 Å². The van der Waals surface area contributed by atoms with Gasteiger partial charge in [0.25, 0.3) is 0 Å². The quantitative estimate of drug-likeness (QED) is 0.882. The molecule has 0 amide bonds. The van der Waals surface area contributed by atoms with Crippen LogP contribution in [0.3, 0.4) is 0 Å². The lowest BCUT2D eigenvalue weighted by Gasteiger charge is -2.14. The van der Waals surface area contributed by atoms with Gasteiger partial charge < -0.3 is 14.8 Å². The van der Waals surface area contributed by atoms with E-state index in [2.05, 4.69) is 5.32 Å². The molecule has 0 radical (unpaired) electrons. The fourth-order valence-electron chi connectivity index (χ4n) is 2.22. The van der Waals surface area contributed by atoms with Gasteiger partial charge in [-0.25, -0.2) is 0 Å². The van der Waals surface area contributed by atoms with Gasteiger partial charge in [0.2, 0.25) is 0 Å². The lowest BCUT2D eigenvalue weighted by atomic mass is 10.1. The molecule has 0 saturated carbocycles. The fourth-order valence-corrected chi connectivity index (χ4v) is 2.69. The summed E-state index contributed by atoms with van der Waals surface area (Å²) >= 11 is 12.1. The Bertz CT molecular complexity index is 646. The Balaban J connectivity index is 1.79. The van der Waals surface area contributed by atoms with Crippen molar-refractivity contribution < 1.29 is 9.47 Å². The van der Waals surface area contributed by atoms with Gasteiger partial charge in [0.05, 0.1) is 23.9 Å². The number of nitrogens with one attached hydrogen (secondary N) is 1. The lowest BCUT2D eigenvalue weighted by Crippen LogP contribution is -2.04. The summed E-state index contributed by atoms with van der Waals surface area (Å²) in [7, 11) is 0. The van der Waals surface area contributed by atoms with E-state index in [4.69, 9.17) is 32.7 Å². The molecule has 110 valence electrons. The summed E-state index contributed by atoms with van der Waals surface area (Å²) in [6.45, 7) is 1.96. The number of benzene rings is 2. The zero-order chi connectivity index (χ0) is 14.7. The molecule has 1 heterocycles. The molecule has 3 rings (SSSR count). The number of para-hydroxylation sites is 1. The van der Waals surface area contributed by atoms with Crippen molar-refractivity contribution in [3.05, 3.63) is 52.0 Å². The molecule has 0 atom stereocenters. The first kappa shape index (κ1) is 14.4. The Labute approximate surface area is 133 Å². The summed E-state index contributed by atoms with van der Waals surface area (Å²) in [4.78, 5) is 0. The highest BCUT2D eigenvalue weighted by atomic mass is 35.5. The van der Waals surface area contributed by atoms with Crippen LogP contribution in [-0.4, -0.2) is 13.2 Å². The van der Waals surface area contributed by atoms with Gasteiger partial charge in [0.1, 0.15) is 0 Å². The van der Waals surface area contributed by atoms with Gasteiger partial charge in [-0.3, -0.25) is 0 Å². The number of anilines is 1. The first-order valence-corrected chi connectivity index (χ1v) is 7.56. The number of hydrogen-bond donors (Lipinski definition) is 1. The van der Waals surface area contributed by atoms with Crippen molar-refractivity contribution in [1.29, 1.82) is 0 Å². The van der Waals surface area contributed by atoms with Crippen molar-refractivity contribution >= 4 is 28.9 Å². The van der Waals surface area contributed by atoms with E-state index in [0.29, 0.717) is 29.8 Å². The van der Waals surface area contributed by atoms with Crippen molar-refractivity contribution in [2.45, 2.75) is 13.0 Å². The summed E-state index contributed by atoms with van der Waals surface area (Å²) in [5.74, 6) is 1.61. The SMILES string of the molecule is Clc1ccc(NCc2cccc3c2OCCCO3)c(Cl)c1. The van der Waals surface area contributed by atoms with Crippen molar-refractivity contribution in [2.24, 2.45) is 0 Å². The minimum Gasteiger partial charge on any atom is -0.490 e. The van der Waals surface area contributed by atoms with Gasteiger partial charge in [-0.15, -0.1) is 0 Å². The van der Waals surface area contributed by atoms with Crippen LogP contribution in [0.25, 0.3) is 0 Å². The van der Waals surface area contributed by atoms with Crippen LogP contribution in [0, 0.1) is 0 Å². The van der Waals surface area contributed by atoms with Crippen molar-refractivity contribution in [3.63, 3.8) is 0 Å². The smallest absolute Gasteiger partial charge is 0.166 e. The van der Waals surface area contributed by atoms with Crippen LogP contribution in [0.15, 0.2) is 36.4 Å². The first-order chi connectivity index (χ1) is 10.2. The van der Waals surface area contributed by atoms with Gasteiger partial charge >= 0.3 is 0 Å². The zero-order valence-electron chi connectivity index (χ0n) is 11.4. The molecule has 2 aromatic carbocycles. The molecule has 3 nitrogen and oxygen atoms in total. The van der Waals surface area contributed by atoms with Crippen LogP contribution in [0.2, 0.25) is 10.0 Å². The molecule has 0 saturated heterocycles. The third kappa shape index (κ3) is 3.36. The topological polar surface area (TPSA) is 30.5 Å². The van der Waals surface area contributed by atoms with Gasteiger partial charge in [-0.2, -0.15) is 0 Å². The van der Waals surface area contributed by atoms with Gasteiger partial charge in [-0.05, 0) is 24.3 Å². The largest absolute Gasteiger partial charge is 0.490 e. The van der Waals surface area contributed by atoms with E-state index in [9.17, 15) is 0 Å². The number of ether oxygens (including phenoxy) is 2. The molecule has 0 spiro atoms. The van der Waals surface area contributed by atoms with E-state index in [1.54, 1.807) is 12.1 Å². The summed E-state index contributed by atoms with van der Waals surface area (Å²) in [5, 5.41) is 4.52. The monoisotopic (exact) mass is 323 g/mol. The molecule has 0 aromatic heterocycles. The van der Waals surface area contributed by atoms with E-state index in [1.807, 2.05) is 24.3 Å². The van der Waals surface area contributed by atoms with Crippen LogP contribution < -0.4 is 14.8 Å². The second kappa shape index (κ2) is 6.46. The third-order valence-corrected chi connectivity index (χ3v) is 3.80. The average molecular weight is 324 g/mol. The van der Waals surface area contributed by atoms with Gasteiger partial charge in [-0.1, -0.05) is 35.3 Å². The molecular formula is C16H15Cl2NO2. The van der Waals surface area contributed by atoms with Crippen LogP contribution in [0.5, 0.6) is 11.5 Å². The molecule has 1 aliphatic heterocycles. The molecule has 1 N–H and O–H groups in total.